The van der Waals surface area contributed by atoms with E-state index in [2.05, 4.69) is 41.9 Å². The van der Waals surface area contributed by atoms with Gasteiger partial charge in [0.1, 0.15) is 0 Å². The van der Waals surface area contributed by atoms with Gasteiger partial charge in [-0.3, -0.25) is 4.57 Å². The highest BCUT2D eigenvalue weighted by atomic mass is 16.5. The minimum Gasteiger partial charge on any atom is -0.467 e. The summed E-state index contributed by atoms with van der Waals surface area (Å²) in [5, 5.41) is 8.10. The molecule has 0 fully saturated rings. The van der Waals surface area contributed by atoms with Crippen LogP contribution in [0.15, 0.2) is 24.8 Å². The fourth-order valence-corrected chi connectivity index (χ4v) is 2.13. The van der Waals surface area contributed by atoms with Crippen LogP contribution in [0.25, 0.3) is 17.8 Å². The van der Waals surface area contributed by atoms with E-state index in [9.17, 15) is 0 Å². The summed E-state index contributed by atoms with van der Waals surface area (Å²) in [4.78, 5) is 0. The molecule has 1 aromatic heterocycles. The van der Waals surface area contributed by atoms with Gasteiger partial charge >= 0.3 is 6.01 Å². The average molecular weight is 239 g/mol. The van der Waals surface area contributed by atoms with Crippen LogP contribution in [0.3, 0.4) is 0 Å². The molecule has 1 aliphatic rings. The third-order valence-electron chi connectivity index (χ3n) is 3.05. The molecule has 1 aliphatic heterocycles. The van der Waals surface area contributed by atoms with Gasteiger partial charge in [-0.25, -0.2) is 0 Å². The summed E-state index contributed by atoms with van der Waals surface area (Å²) in [6.45, 7) is 6.19. The van der Waals surface area contributed by atoms with Crippen molar-refractivity contribution < 1.29 is 4.74 Å². The number of methoxy groups -OCH3 is 1. The smallest absolute Gasteiger partial charge is 0.321 e. The predicted molar refractivity (Wildman–Crippen MR) is 71.1 cm³/mol. The van der Waals surface area contributed by atoms with Crippen molar-refractivity contribution in [3.05, 3.63) is 47.3 Å². The lowest BCUT2D eigenvalue weighted by Crippen LogP contribution is -1.97. The largest absolute Gasteiger partial charge is 0.467 e. The Hall–Kier alpha value is -2.36. The zero-order valence-corrected chi connectivity index (χ0v) is 10.3. The standard InChI is InChI=1S/C14H13N3O/c1-9-4-5-12-10(2)13-15-16-14(18-3)17(13)7-6-11(12)8-9/h4-8H,2H2,1,3H3. The second-order valence-corrected chi connectivity index (χ2v) is 4.27. The van der Waals surface area contributed by atoms with Gasteiger partial charge in [-0.2, -0.15) is 0 Å². The van der Waals surface area contributed by atoms with Gasteiger partial charge in [-0.15, -0.1) is 5.10 Å². The topological polar surface area (TPSA) is 39.9 Å². The second-order valence-electron chi connectivity index (χ2n) is 4.27. The Balaban J connectivity index is 2.24. The normalized spacial score (nSPS) is 12.9. The zero-order chi connectivity index (χ0) is 12.7. The van der Waals surface area contributed by atoms with E-state index in [1.54, 1.807) is 11.7 Å². The molecule has 0 amide bonds. The van der Waals surface area contributed by atoms with Gasteiger partial charge in [0, 0.05) is 11.8 Å². The highest BCUT2D eigenvalue weighted by Gasteiger charge is 2.18. The maximum atomic E-state index is 5.18. The highest BCUT2D eigenvalue weighted by molar-refractivity contribution is 5.85. The minimum absolute atomic E-state index is 0.465. The van der Waals surface area contributed by atoms with Crippen LogP contribution in [0.4, 0.5) is 0 Å². The summed E-state index contributed by atoms with van der Waals surface area (Å²) < 4.78 is 6.98. The molecule has 0 radical (unpaired) electrons. The molecule has 0 saturated heterocycles. The number of rotatable bonds is 1. The molecule has 4 nitrogen and oxygen atoms in total. The molecule has 2 aromatic rings. The molecule has 0 aliphatic carbocycles. The van der Waals surface area contributed by atoms with Crippen molar-refractivity contribution in [2.75, 3.05) is 7.11 Å². The number of hydrogen-bond acceptors (Lipinski definition) is 3. The lowest BCUT2D eigenvalue weighted by molar-refractivity contribution is 0.374. The number of hydrogen-bond donors (Lipinski definition) is 0. The van der Waals surface area contributed by atoms with Crippen LogP contribution in [0.2, 0.25) is 0 Å². The quantitative estimate of drug-likeness (QED) is 0.655. The number of nitrogens with zero attached hydrogens (tertiary/aromatic N) is 3. The Kier molecular flexibility index (Phi) is 2.30. The summed E-state index contributed by atoms with van der Waals surface area (Å²) in [5.41, 5.74) is 4.28. The van der Waals surface area contributed by atoms with E-state index >= 15 is 0 Å². The SMILES string of the molecule is C=C1c2ccc(C)cc2C=Cn2c(OC)nnc21. The Morgan fingerprint density at radius 2 is 2.11 bits per heavy atom. The maximum absolute atomic E-state index is 5.18. The van der Waals surface area contributed by atoms with Gasteiger partial charge in [0.2, 0.25) is 0 Å². The van der Waals surface area contributed by atoms with Gasteiger partial charge in [-0.05, 0) is 24.1 Å². The van der Waals surface area contributed by atoms with E-state index in [1.807, 2.05) is 12.3 Å². The van der Waals surface area contributed by atoms with Gasteiger partial charge in [0.15, 0.2) is 5.82 Å². The molecule has 0 atom stereocenters. The molecular weight excluding hydrogens is 226 g/mol. The van der Waals surface area contributed by atoms with E-state index < -0.39 is 0 Å². The van der Waals surface area contributed by atoms with Crippen molar-refractivity contribution in [3.63, 3.8) is 0 Å². The minimum atomic E-state index is 0.465. The van der Waals surface area contributed by atoms with Crippen molar-refractivity contribution >= 4 is 17.8 Å². The molecule has 18 heavy (non-hydrogen) atoms. The number of benzene rings is 1. The Morgan fingerprint density at radius 3 is 2.89 bits per heavy atom. The summed E-state index contributed by atoms with van der Waals surface area (Å²) in [6, 6.07) is 6.73. The van der Waals surface area contributed by atoms with E-state index in [0.717, 1.165) is 16.7 Å². The molecule has 0 N–H and O–H groups in total. The molecule has 0 spiro atoms. The fourth-order valence-electron chi connectivity index (χ4n) is 2.13. The molecule has 0 unspecified atom stereocenters. The first-order valence-electron chi connectivity index (χ1n) is 5.68. The Labute approximate surface area is 105 Å². The molecule has 2 heterocycles. The van der Waals surface area contributed by atoms with Crippen molar-refractivity contribution in [1.82, 2.24) is 14.8 Å². The summed E-state index contributed by atoms with van der Waals surface area (Å²) in [6.07, 6.45) is 3.93. The zero-order valence-electron chi connectivity index (χ0n) is 10.3. The number of ether oxygens (including phenoxy) is 1. The highest BCUT2D eigenvalue weighted by Crippen LogP contribution is 2.30. The summed E-state index contributed by atoms with van der Waals surface area (Å²) >= 11 is 0. The van der Waals surface area contributed by atoms with Crippen molar-refractivity contribution in [1.29, 1.82) is 0 Å². The van der Waals surface area contributed by atoms with Crippen molar-refractivity contribution in [2.45, 2.75) is 6.92 Å². The van der Waals surface area contributed by atoms with Gasteiger partial charge in [0.05, 0.1) is 7.11 Å². The summed E-state index contributed by atoms with van der Waals surface area (Å²) in [7, 11) is 1.58. The maximum Gasteiger partial charge on any atom is 0.321 e. The predicted octanol–water partition coefficient (Wildman–Crippen LogP) is 2.60. The van der Waals surface area contributed by atoms with Crippen LogP contribution < -0.4 is 4.74 Å². The summed E-state index contributed by atoms with van der Waals surface area (Å²) in [5.74, 6) is 0.714. The van der Waals surface area contributed by atoms with Gasteiger partial charge < -0.3 is 4.74 Å². The number of aryl methyl sites for hydroxylation is 1. The monoisotopic (exact) mass is 239 g/mol. The third kappa shape index (κ3) is 1.46. The van der Waals surface area contributed by atoms with Crippen LogP contribution in [0.5, 0.6) is 6.01 Å². The second kappa shape index (κ2) is 3.84. The van der Waals surface area contributed by atoms with E-state index in [4.69, 9.17) is 4.74 Å². The van der Waals surface area contributed by atoms with Gasteiger partial charge in [0.25, 0.3) is 0 Å². The molecule has 0 bridgehead atoms. The fraction of sp³-hybridized carbons (Fsp3) is 0.143. The average Bonchev–Trinajstić information content (AvgIpc) is 2.73. The first-order valence-corrected chi connectivity index (χ1v) is 5.68. The molecular formula is C14H13N3O. The lowest BCUT2D eigenvalue weighted by Gasteiger charge is -2.06. The van der Waals surface area contributed by atoms with Gasteiger partial charge in [-0.1, -0.05) is 35.4 Å². The molecule has 90 valence electrons. The number of aromatic nitrogens is 3. The third-order valence-corrected chi connectivity index (χ3v) is 3.05. The van der Waals surface area contributed by atoms with Crippen LogP contribution in [0.1, 0.15) is 22.5 Å². The van der Waals surface area contributed by atoms with E-state index in [-0.39, 0.29) is 0 Å². The molecule has 4 heteroatoms. The van der Waals surface area contributed by atoms with E-state index in [0.29, 0.717) is 11.8 Å². The lowest BCUT2D eigenvalue weighted by atomic mass is 9.99. The Bertz CT molecular complexity index is 668. The molecule has 0 saturated carbocycles. The number of fused-ring (bicyclic) bond motifs is 2. The van der Waals surface area contributed by atoms with Crippen LogP contribution in [-0.4, -0.2) is 21.9 Å². The molecule has 3 rings (SSSR count). The van der Waals surface area contributed by atoms with Crippen LogP contribution in [0, 0.1) is 6.92 Å². The Morgan fingerprint density at radius 1 is 1.28 bits per heavy atom. The van der Waals surface area contributed by atoms with E-state index in [1.165, 1.54) is 5.56 Å². The van der Waals surface area contributed by atoms with Crippen LogP contribution in [-0.2, 0) is 0 Å². The van der Waals surface area contributed by atoms with Crippen molar-refractivity contribution in [2.24, 2.45) is 0 Å². The first kappa shape index (κ1) is 10.8. The molecule has 1 aromatic carbocycles. The van der Waals surface area contributed by atoms with Crippen LogP contribution >= 0.6 is 0 Å². The first-order chi connectivity index (χ1) is 8.70. The van der Waals surface area contributed by atoms with Crippen molar-refractivity contribution in [3.8, 4) is 6.01 Å².